The second-order valence-electron chi connectivity index (χ2n) is 11.6. The van der Waals surface area contributed by atoms with E-state index in [1.54, 1.807) is 0 Å². The number of imidazole rings is 2. The molecule has 6 nitrogen and oxygen atoms in total. The van der Waals surface area contributed by atoms with Crippen molar-refractivity contribution in [1.82, 2.24) is 29.7 Å². The molecule has 6 aromatic rings. The van der Waals surface area contributed by atoms with Crippen molar-refractivity contribution in [3.63, 3.8) is 0 Å². The second-order valence-corrected chi connectivity index (χ2v) is 11.6. The molecular formula is C38H40HfN6. The molecule has 0 radical (unpaired) electrons. The van der Waals surface area contributed by atoms with E-state index in [0.717, 1.165) is 71.0 Å². The van der Waals surface area contributed by atoms with E-state index in [9.17, 15) is 0 Å². The molecule has 0 aliphatic carbocycles. The molecular weight excluding hydrogens is 719 g/mol. The average molecular weight is 759 g/mol. The Labute approximate surface area is 286 Å². The van der Waals surface area contributed by atoms with Gasteiger partial charge in [0.2, 0.25) is 0 Å². The maximum absolute atomic E-state index is 4.76. The molecule has 2 fully saturated rings. The summed E-state index contributed by atoms with van der Waals surface area (Å²) in [5, 5.41) is 0. The van der Waals surface area contributed by atoms with Gasteiger partial charge in [-0.1, -0.05) is 72.3 Å². The second kappa shape index (κ2) is 16.1. The van der Waals surface area contributed by atoms with Crippen LogP contribution >= 0.6 is 0 Å². The predicted molar refractivity (Wildman–Crippen MR) is 179 cm³/mol. The first-order valence-corrected chi connectivity index (χ1v) is 15.6. The van der Waals surface area contributed by atoms with Crippen LogP contribution < -0.4 is 9.97 Å². The van der Waals surface area contributed by atoms with Gasteiger partial charge in [-0.2, -0.15) is 49.2 Å². The maximum Gasteiger partial charge on any atom is 4.00 e. The number of likely N-dealkylation sites (tertiary alicyclic amines) is 2. The Bertz CT molecular complexity index is 1540. The van der Waals surface area contributed by atoms with Crippen molar-refractivity contribution in [1.29, 1.82) is 0 Å². The number of fused-ring (bicyclic) bond motifs is 2. The fraction of sp³-hybridized carbons (Fsp3) is 0.263. The standard InChI is InChI=1S/C24H26N6.2C7H7.Hf/c1-2-8-18-17(7-1)25-23(26-18)15-29-13-5-11-21(29)22-12-6-14-30(22)16-24-27-19-9-3-4-10-20(19)28-24;2*1-7-5-3-2-4-6-7;/h1-4,7-10,21-22H,5-6,11-16H2;2*2-6H,1H2;/q-2;2*-1;+4/t21-,22-;;;/m0.../s1. The number of para-hydroxylation sites is 4. The molecule has 2 aromatic heterocycles. The summed E-state index contributed by atoms with van der Waals surface area (Å²) in [6.07, 6.45) is 5.02. The molecule has 8 rings (SSSR count). The number of rotatable bonds is 5. The van der Waals surface area contributed by atoms with E-state index >= 15 is 0 Å². The molecule has 0 bridgehead atoms. The first-order valence-electron chi connectivity index (χ1n) is 15.6. The van der Waals surface area contributed by atoms with E-state index in [2.05, 4.69) is 47.9 Å². The van der Waals surface area contributed by atoms with Crippen LogP contribution in [0.4, 0.5) is 0 Å². The zero-order valence-corrected chi connectivity index (χ0v) is 29.4. The van der Waals surface area contributed by atoms with E-state index in [1.807, 2.05) is 84.9 Å². The molecule has 0 spiro atoms. The number of hydrogen-bond acceptors (Lipinski definition) is 4. The molecule has 7 heteroatoms. The van der Waals surface area contributed by atoms with Gasteiger partial charge in [0.15, 0.2) is 0 Å². The number of hydrogen-bond donors (Lipinski definition) is 0. The van der Waals surface area contributed by atoms with Gasteiger partial charge in [0.25, 0.3) is 0 Å². The third-order valence-corrected chi connectivity index (χ3v) is 8.41. The molecule has 226 valence electrons. The van der Waals surface area contributed by atoms with Crippen molar-refractivity contribution in [2.75, 3.05) is 13.1 Å². The first kappa shape index (κ1) is 32.7. The van der Waals surface area contributed by atoms with Crippen LogP contribution in [0.25, 0.3) is 22.1 Å². The van der Waals surface area contributed by atoms with Crippen LogP contribution in [0.2, 0.25) is 0 Å². The molecule has 2 aliphatic heterocycles. The van der Waals surface area contributed by atoms with Gasteiger partial charge in [-0.05, 0) is 60.8 Å². The molecule has 2 aliphatic rings. The molecule has 2 atom stereocenters. The van der Waals surface area contributed by atoms with Gasteiger partial charge in [-0.25, -0.2) is 0 Å². The Balaban J connectivity index is 0.000000221. The fourth-order valence-electron chi connectivity index (χ4n) is 6.34. The Morgan fingerprint density at radius 3 is 1.29 bits per heavy atom. The van der Waals surface area contributed by atoms with E-state index in [4.69, 9.17) is 19.9 Å². The number of benzene rings is 4. The molecule has 0 amide bonds. The van der Waals surface area contributed by atoms with Crippen LogP contribution in [0.15, 0.2) is 109 Å². The monoisotopic (exact) mass is 760 g/mol. The SMILES string of the molecule is [CH2-]c1ccccc1.[CH2-]c1ccccc1.[Hf+4].c1ccc2[n-]c(CN3CCC[C@H]3[C@@H]3CCCN3Cc3nc4ccccc4[n-]3)nc2c1. The summed E-state index contributed by atoms with van der Waals surface area (Å²) in [6.45, 7) is 11.4. The largest absolute Gasteiger partial charge is 4.00 e. The Morgan fingerprint density at radius 2 is 0.933 bits per heavy atom. The van der Waals surface area contributed by atoms with Crippen molar-refractivity contribution in [3.8, 4) is 0 Å². The van der Waals surface area contributed by atoms with Crippen molar-refractivity contribution in [3.05, 3.63) is 146 Å². The minimum atomic E-state index is 0. The Kier molecular flexibility index (Phi) is 11.7. The molecule has 4 heterocycles. The zero-order valence-electron chi connectivity index (χ0n) is 25.8. The molecule has 2 saturated heterocycles. The number of aromatic nitrogens is 4. The zero-order chi connectivity index (χ0) is 30.1. The smallest absolute Gasteiger partial charge is 0.438 e. The third kappa shape index (κ3) is 8.75. The first-order chi connectivity index (χ1) is 21.6. The fourth-order valence-corrected chi connectivity index (χ4v) is 6.34. The third-order valence-electron chi connectivity index (χ3n) is 8.41. The van der Waals surface area contributed by atoms with Gasteiger partial charge >= 0.3 is 25.8 Å². The van der Waals surface area contributed by atoms with Crippen LogP contribution in [0.3, 0.4) is 0 Å². The van der Waals surface area contributed by atoms with E-state index < -0.39 is 0 Å². The molecule has 45 heavy (non-hydrogen) atoms. The molecule has 4 aromatic carbocycles. The Hall–Kier alpha value is -3.65. The molecule has 0 saturated carbocycles. The number of nitrogens with zero attached hydrogens (tertiary/aromatic N) is 6. The average Bonchev–Trinajstić information content (AvgIpc) is 3.85. The quantitative estimate of drug-likeness (QED) is 0.139. The predicted octanol–water partition coefficient (Wildman–Crippen LogP) is 7.06. The summed E-state index contributed by atoms with van der Waals surface area (Å²) in [5.74, 6) is 1.91. The van der Waals surface area contributed by atoms with E-state index in [0.29, 0.717) is 12.1 Å². The van der Waals surface area contributed by atoms with Gasteiger partial charge in [0.1, 0.15) is 0 Å². The van der Waals surface area contributed by atoms with Gasteiger partial charge < -0.3 is 19.9 Å². The van der Waals surface area contributed by atoms with Crippen molar-refractivity contribution >= 4 is 22.1 Å². The summed E-state index contributed by atoms with van der Waals surface area (Å²) in [7, 11) is 0. The van der Waals surface area contributed by atoms with Crippen LogP contribution in [0, 0.1) is 13.8 Å². The van der Waals surface area contributed by atoms with Gasteiger partial charge in [-0.15, -0.1) is 24.3 Å². The summed E-state index contributed by atoms with van der Waals surface area (Å²) >= 11 is 0. The normalized spacial score (nSPS) is 18.1. The minimum Gasteiger partial charge on any atom is -0.438 e. The van der Waals surface area contributed by atoms with E-state index in [1.165, 1.54) is 25.7 Å². The summed E-state index contributed by atoms with van der Waals surface area (Å²) in [5.41, 5.74) is 6.17. The van der Waals surface area contributed by atoms with Gasteiger partial charge in [0.05, 0.1) is 0 Å². The van der Waals surface area contributed by atoms with Crippen LogP contribution in [0.5, 0.6) is 0 Å². The van der Waals surface area contributed by atoms with Crippen LogP contribution in [0.1, 0.15) is 48.5 Å². The molecule has 0 unspecified atom stereocenters. The van der Waals surface area contributed by atoms with Gasteiger partial charge in [0, 0.05) is 25.2 Å². The van der Waals surface area contributed by atoms with E-state index in [-0.39, 0.29) is 25.8 Å². The van der Waals surface area contributed by atoms with Gasteiger partial charge in [-0.3, -0.25) is 9.80 Å². The topological polar surface area (TPSA) is 60.5 Å². The van der Waals surface area contributed by atoms with Crippen LogP contribution in [-0.4, -0.2) is 44.9 Å². The van der Waals surface area contributed by atoms with Crippen molar-refractivity contribution in [2.24, 2.45) is 0 Å². The van der Waals surface area contributed by atoms with Crippen molar-refractivity contribution in [2.45, 2.75) is 50.9 Å². The summed E-state index contributed by atoms with van der Waals surface area (Å²) < 4.78 is 0. The summed E-state index contributed by atoms with van der Waals surface area (Å²) in [4.78, 5) is 24.3. The molecule has 0 N–H and O–H groups in total. The van der Waals surface area contributed by atoms with Crippen LogP contribution in [-0.2, 0) is 38.9 Å². The minimum absolute atomic E-state index is 0. The van der Waals surface area contributed by atoms with Crippen molar-refractivity contribution < 1.29 is 25.8 Å². The Morgan fingerprint density at radius 1 is 0.556 bits per heavy atom. The maximum atomic E-state index is 4.76. The summed E-state index contributed by atoms with van der Waals surface area (Å²) in [6, 6.07) is 37.2.